The van der Waals surface area contributed by atoms with E-state index < -0.39 is 0 Å². The van der Waals surface area contributed by atoms with E-state index in [9.17, 15) is 4.79 Å². The number of aromatic nitrogens is 3. The van der Waals surface area contributed by atoms with Crippen LogP contribution in [0.4, 0.5) is 5.82 Å². The highest BCUT2D eigenvalue weighted by atomic mass is 16.1. The maximum atomic E-state index is 12.4. The highest BCUT2D eigenvalue weighted by molar-refractivity contribution is 5.87. The van der Waals surface area contributed by atoms with Crippen LogP contribution in [0.1, 0.15) is 23.6 Å². The van der Waals surface area contributed by atoms with Crippen LogP contribution < -0.4 is 5.73 Å². The van der Waals surface area contributed by atoms with Crippen LogP contribution in [0, 0.1) is 0 Å². The van der Waals surface area contributed by atoms with E-state index in [0.717, 1.165) is 34.2 Å². The van der Waals surface area contributed by atoms with Crippen LogP contribution in [-0.4, -0.2) is 20.6 Å². The zero-order valence-corrected chi connectivity index (χ0v) is 15.8. The Morgan fingerprint density at radius 1 is 0.929 bits per heavy atom. The molecule has 28 heavy (non-hydrogen) atoms. The first-order valence-electron chi connectivity index (χ1n) is 9.42. The van der Waals surface area contributed by atoms with Crippen molar-refractivity contribution in [2.45, 2.75) is 26.2 Å². The number of hydrogen-bond acceptors (Lipinski definition) is 4. The van der Waals surface area contributed by atoms with Gasteiger partial charge in [0.2, 0.25) is 0 Å². The van der Waals surface area contributed by atoms with Gasteiger partial charge in [-0.3, -0.25) is 4.79 Å². The molecule has 140 valence electrons. The maximum Gasteiger partial charge on any atom is 0.174 e. The van der Waals surface area contributed by atoms with E-state index in [4.69, 9.17) is 5.73 Å². The van der Waals surface area contributed by atoms with E-state index >= 15 is 0 Å². The molecule has 4 aromatic rings. The summed E-state index contributed by atoms with van der Waals surface area (Å²) in [6.45, 7) is 2.13. The number of carbonyl (C=O) groups is 1. The summed E-state index contributed by atoms with van der Waals surface area (Å²) >= 11 is 0. The fraction of sp³-hybridized carbons (Fsp3) is 0.174. The Balaban J connectivity index is 1.48. The van der Waals surface area contributed by atoms with Crippen LogP contribution in [0.2, 0.25) is 0 Å². The molecule has 0 bridgehead atoms. The minimum atomic E-state index is 0.211. The van der Waals surface area contributed by atoms with Crippen LogP contribution in [0.5, 0.6) is 0 Å². The Hall–Kier alpha value is -3.47. The number of rotatable bonds is 6. The van der Waals surface area contributed by atoms with Gasteiger partial charge in [0.05, 0.1) is 0 Å². The number of carbonyl (C=O) groups excluding carboxylic acids is 1. The van der Waals surface area contributed by atoms with Gasteiger partial charge in [0.25, 0.3) is 0 Å². The van der Waals surface area contributed by atoms with Crippen molar-refractivity contribution >= 4 is 17.1 Å². The van der Waals surface area contributed by atoms with Crippen LogP contribution in [0.25, 0.3) is 16.6 Å². The maximum absolute atomic E-state index is 12.4. The van der Waals surface area contributed by atoms with Crippen molar-refractivity contribution in [3.8, 4) is 11.1 Å². The summed E-state index contributed by atoms with van der Waals surface area (Å²) in [6, 6.07) is 20.2. The Bertz CT molecular complexity index is 1110. The molecule has 0 atom stereocenters. The predicted molar refractivity (Wildman–Crippen MR) is 111 cm³/mol. The van der Waals surface area contributed by atoms with E-state index in [0.29, 0.717) is 18.7 Å². The zero-order valence-electron chi connectivity index (χ0n) is 15.8. The highest BCUT2D eigenvalue weighted by Gasteiger charge is 2.11. The number of nitrogens with zero attached hydrogens (tertiary/aromatic N) is 3. The molecule has 2 aromatic carbocycles. The lowest BCUT2D eigenvalue weighted by Gasteiger charge is -2.07. The zero-order chi connectivity index (χ0) is 19.5. The van der Waals surface area contributed by atoms with Crippen molar-refractivity contribution in [2.75, 3.05) is 5.73 Å². The fourth-order valence-electron chi connectivity index (χ4n) is 3.42. The number of hydrogen-bond donors (Lipinski definition) is 1. The van der Waals surface area contributed by atoms with Crippen molar-refractivity contribution in [2.24, 2.45) is 0 Å². The molecule has 0 saturated heterocycles. The van der Waals surface area contributed by atoms with Gasteiger partial charge < -0.3 is 5.73 Å². The van der Waals surface area contributed by atoms with Gasteiger partial charge in [-0.2, -0.15) is 0 Å². The topological polar surface area (TPSA) is 73.3 Å². The number of anilines is 1. The summed E-state index contributed by atoms with van der Waals surface area (Å²) in [5, 5.41) is 7.94. The third-order valence-electron chi connectivity index (χ3n) is 4.96. The lowest BCUT2D eigenvalue weighted by Crippen LogP contribution is -2.06. The Morgan fingerprint density at radius 2 is 1.54 bits per heavy atom. The van der Waals surface area contributed by atoms with Crippen molar-refractivity contribution in [1.29, 1.82) is 0 Å². The molecule has 5 nitrogen and oxygen atoms in total. The standard InChI is InChI=1S/C23H22N4O/c1-2-16-5-7-17(8-6-16)14-20(28)15-18-9-11-19(12-10-18)21-4-3-13-27-22(21)23(24)25-26-27/h3-13H,2,14-15,24H2,1H3. The van der Waals surface area contributed by atoms with Crippen LogP contribution in [0.15, 0.2) is 66.9 Å². The summed E-state index contributed by atoms with van der Waals surface area (Å²) in [6.07, 6.45) is 3.72. The highest BCUT2D eigenvalue weighted by Crippen LogP contribution is 2.27. The van der Waals surface area contributed by atoms with Crippen LogP contribution >= 0.6 is 0 Å². The Kier molecular flexibility index (Phi) is 4.89. The summed E-state index contributed by atoms with van der Waals surface area (Å²) in [5.74, 6) is 0.618. The molecule has 0 saturated carbocycles. The van der Waals surface area contributed by atoms with Crippen molar-refractivity contribution in [3.63, 3.8) is 0 Å². The van der Waals surface area contributed by atoms with Gasteiger partial charge in [-0.1, -0.05) is 66.7 Å². The van der Waals surface area contributed by atoms with Gasteiger partial charge in [0, 0.05) is 24.6 Å². The molecule has 2 heterocycles. The monoisotopic (exact) mass is 370 g/mol. The van der Waals surface area contributed by atoms with Gasteiger partial charge in [-0.05, 0) is 34.7 Å². The molecule has 2 N–H and O–H groups in total. The van der Waals surface area contributed by atoms with Gasteiger partial charge in [0.15, 0.2) is 5.82 Å². The second kappa shape index (κ2) is 7.64. The summed E-state index contributed by atoms with van der Waals surface area (Å²) in [7, 11) is 0. The number of fused-ring (bicyclic) bond motifs is 1. The lowest BCUT2D eigenvalue weighted by molar-refractivity contribution is -0.117. The van der Waals surface area contributed by atoms with E-state index in [1.54, 1.807) is 4.52 Å². The number of Topliss-reactive ketones (excluding diaryl/α,β-unsaturated/α-hetero) is 1. The number of aryl methyl sites for hydroxylation is 1. The molecule has 0 amide bonds. The molecule has 0 fully saturated rings. The largest absolute Gasteiger partial charge is 0.380 e. The number of ketones is 1. The minimum absolute atomic E-state index is 0.211. The molecule has 5 heteroatoms. The fourth-order valence-corrected chi connectivity index (χ4v) is 3.42. The van der Waals surface area contributed by atoms with Gasteiger partial charge in [-0.15, -0.1) is 5.10 Å². The molecule has 0 aliphatic heterocycles. The van der Waals surface area contributed by atoms with E-state index in [-0.39, 0.29) is 5.78 Å². The van der Waals surface area contributed by atoms with Gasteiger partial charge in [-0.25, -0.2) is 4.52 Å². The Labute approximate surface area is 163 Å². The van der Waals surface area contributed by atoms with Crippen LogP contribution in [0.3, 0.4) is 0 Å². The molecule has 4 rings (SSSR count). The third kappa shape index (κ3) is 3.64. The first kappa shape index (κ1) is 17.9. The van der Waals surface area contributed by atoms with Gasteiger partial charge >= 0.3 is 0 Å². The quantitative estimate of drug-likeness (QED) is 0.559. The molecule has 0 spiro atoms. The summed E-state index contributed by atoms with van der Waals surface area (Å²) in [4.78, 5) is 12.4. The molecule has 0 aliphatic carbocycles. The summed E-state index contributed by atoms with van der Waals surface area (Å²) in [5.41, 5.74) is 12.1. The van der Waals surface area contributed by atoms with Crippen molar-refractivity contribution in [1.82, 2.24) is 14.8 Å². The molecular weight excluding hydrogens is 348 g/mol. The van der Waals surface area contributed by atoms with E-state index in [2.05, 4.69) is 29.4 Å². The molecule has 0 unspecified atom stereocenters. The average Bonchev–Trinajstić information content (AvgIpc) is 3.10. The molecule has 2 aromatic heterocycles. The molecule has 0 radical (unpaired) electrons. The number of nitrogens with two attached hydrogens (primary N) is 1. The first-order chi connectivity index (χ1) is 13.6. The SMILES string of the molecule is CCc1ccc(CC(=O)Cc2ccc(-c3cccn4nnc(N)c34)cc2)cc1. The smallest absolute Gasteiger partial charge is 0.174 e. The minimum Gasteiger partial charge on any atom is -0.380 e. The molecular formula is C23H22N4O. The number of nitrogen functional groups attached to an aromatic ring is 1. The number of benzene rings is 2. The Morgan fingerprint density at radius 3 is 2.18 bits per heavy atom. The lowest BCUT2D eigenvalue weighted by atomic mass is 9.99. The second-order valence-corrected chi connectivity index (χ2v) is 6.95. The van der Waals surface area contributed by atoms with E-state index in [1.165, 1.54) is 5.56 Å². The number of pyridine rings is 1. The predicted octanol–water partition coefficient (Wildman–Crippen LogP) is 3.90. The summed E-state index contributed by atoms with van der Waals surface area (Å²) < 4.78 is 1.67. The average molecular weight is 370 g/mol. The van der Waals surface area contributed by atoms with Crippen molar-refractivity contribution in [3.05, 3.63) is 83.6 Å². The molecule has 0 aliphatic rings. The van der Waals surface area contributed by atoms with Crippen molar-refractivity contribution < 1.29 is 4.79 Å². The first-order valence-corrected chi connectivity index (χ1v) is 9.42. The second-order valence-electron chi connectivity index (χ2n) is 6.95. The third-order valence-corrected chi connectivity index (χ3v) is 4.96. The van der Waals surface area contributed by atoms with Crippen LogP contribution in [-0.2, 0) is 24.1 Å². The normalized spacial score (nSPS) is 11.0. The van der Waals surface area contributed by atoms with E-state index in [1.807, 2.05) is 54.7 Å². The van der Waals surface area contributed by atoms with Gasteiger partial charge in [0.1, 0.15) is 11.3 Å².